The van der Waals surface area contributed by atoms with E-state index in [2.05, 4.69) is 10.6 Å². The van der Waals surface area contributed by atoms with Gasteiger partial charge < -0.3 is 9.42 Å². The van der Waals surface area contributed by atoms with Gasteiger partial charge in [-0.2, -0.15) is 0 Å². The molecule has 0 aromatic rings. The maximum Gasteiger partial charge on any atom is 0.335 e. The lowest BCUT2D eigenvalue weighted by molar-refractivity contribution is -0.117. The number of rotatable bonds is 6. The fourth-order valence-corrected chi connectivity index (χ4v) is 2.95. The van der Waals surface area contributed by atoms with Crippen molar-refractivity contribution in [2.24, 2.45) is 5.92 Å². The second-order valence-corrected chi connectivity index (χ2v) is 5.92. The molecule has 4 nitrogen and oxygen atoms in total. The van der Waals surface area contributed by atoms with Crippen LogP contribution < -0.4 is 0 Å². The normalized spacial score (nSPS) is 24.0. The van der Waals surface area contributed by atoms with Gasteiger partial charge in [-0.15, -0.1) is 0 Å². The van der Waals surface area contributed by atoms with Crippen molar-refractivity contribution in [3.63, 3.8) is 0 Å². The fraction of sp³-hybridized carbons (Fsp3) is 0.727. The molecule has 0 heterocycles. The van der Waals surface area contributed by atoms with Gasteiger partial charge in [0.25, 0.3) is 0 Å². The lowest BCUT2D eigenvalue weighted by Gasteiger charge is -2.16. The van der Waals surface area contributed by atoms with Crippen LogP contribution in [-0.4, -0.2) is 23.4 Å². The number of allylic oxidation sites excluding steroid dienone is 2. The molecule has 0 radical (unpaired) electrons. The highest BCUT2D eigenvalue weighted by molar-refractivity contribution is 7.53. The van der Waals surface area contributed by atoms with Gasteiger partial charge in [0.1, 0.15) is 11.9 Å². The zero-order valence-corrected chi connectivity index (χ0v) is 10.5. The molecule has 2 atom stereocenters. The van der Waals surface area contributed by atoms with E-state index < -0.39 is 7.60 Å². The van der Waals surface area contributed by atoms with Crippen molar-refractivity contribution in [3.05, 3.63) is 12.2 Å². The van der Waals surface area contributed by atoms with E-state index >= 15 is 0 Å². The van der Waals surface area contributed by atoms with E-state index in [9.17, 15) is 14.3 Å². The third-order valence-corrected chi connectivity index (χ3v) is 3.96. The van der Waals surface area contributed by atoms with Crippen molar-refractivity contribution in [2.75, 3.05) is 12.8 Å². The molecule has 0 spiro atoms. The van der Waals surface area contributed by atoms with E-state index in [-0.39, 0.29) is 24.5 Å². The van der Waals surface area contributed by atoms with Crippen LogP contribution in [0.1, 0.15) is 32.6 Å². The Bertz CT molecular complexity index is 311. The summed E-state index contributed by atoms with van der Waals surface area (Å²) in [4.78, 5) is 20.9. The first-order chi connectivity index (χ1) is 7.53. The zero-order chi connectivity index (χ0) is 12.0. The van der Waals surface area contributed by atoms with Crippen LogP contribution in [0.2, 0.25) is 0 Å². The number of hydrogen-bond acceptors (Lipinski definition) is 3. The molecular formula is C11H19O4P. The minimum Gasteiger partial charge on any atom is -0.324 e. The van der Waals surface area contributed by atoms with Gasteiger partial charge in [-0.3, -0.25) is 9.36 Å². The van der Waals surface area contributed by atoms with Crippen molar-refractivity contribution in [1.82, 2.24) is 0 Å². The Hall–Kier alpha value is -0.440. The van der Waals surface area contributed by atoms with Crippen molar-refractivity contribution in [2.45, 2.75) is 32.6 Å². The van der Waals surface area contributed by atoms with Crippen molar-refractivity contribution < 1.29 is 18.8 Å². The Kier molecular flexibility index (Phi) is 5.39. The lowest BCUT2D eigenvalue weighted by atomic mass is 9.92. The second kappa shape index (κ2) is 6.33. The molecule has 1 aliphatic carbocycles. The Labute approximate surface area is 96.2 Å². The standard InChI is InChI=1S/C11H19O4P/c1-2-15-16(13,14)9-11(12)8-10-6-4-3-5-7-10/h4,6,10H,2-3,5,7-9H2,1H3,(H,13,14). The largest absolute Gasteiger partial charge is 0.335 e. The summed E-state index contributed by atoms with van der Waals surface area (Å²) in [5.74, 6) is 0.0544. The Morgan fingerprint density at radius 2 is 2.38 bits per heavy atom. The van der Waals surface area contributed by atoms with E-state index in [1.54, 1.807) is 6.92 Å². The average Bonchev–Trinajstić information content (AvgIpc) is 2.17. The average molecular weight is 246 g/mol. The quantitative estimate of drug-likeness (QED) is 0.577. The molecule has 0 saturated carbocycles. The van der Waals surface area contributed by atoms with Crippen LogP contribution in [0.3, 0.4) is 0 Å². The van der Waals surface area contributed by atoms with Crippen LogP contribution in [0.4, 0.5) is 0 Å². The Balaban J connectivity index is 2.38. The number of carbonyl (C=O) groups is 1. The fourth-order valence-electron chi connectivity index (χ4n) is 1.88. The molecule has 16 heavy (non-hydrogen) atoms. The molecule has 0 bridgehead atoms. The summed E-state index contributed by atoms with van der Waals surface area (Å²) in [6.45, 7) is 1.79. The van der Waals surface area contributed by atoms with Crippen molar-refractivity contribution in [1.29, 1.82) is 0 Å². The highest BCUT2D eigenvalue weighted by Gasteiger charge is 2.24. The predicted molar refractivity (Wildman–Crippen MR) is 62.4 cm³/mol. The van der Waals surface area contributed by atoms with Crippen molar-refractivity contribution in [3.8, 4) is 0 Å². The van der Waals surface area contributed by atoms with Gasteiger partial charge in [-0.1, -0.05) is 12.2 Å². The first kappa shape index (κ1) is 13.6. The number of carbonyl (C=O) groups excluding carboxylic acids is 1. The third-order valence-electron chi connectivity index (χ3n) is 2.55. The Morgan fingerprint density at radius 1 is 1.62 bits per heavy atom. The van der Waals surface area contributed by atoms with E-state index in [4.69, 9.17) is 0 Å². The highest BCUT2D eigenvalue weighted by Crippen LogP contribution is 2.42. The van der Waals surface area contributed by atoms with Gasteiger partial charge in [0.15, 0.2) is 0 Å². The number of hydrogen-bond donors (Lipinski definition) is 1. The summed E-state index contributed by atoms with van der Waals surface area (Å²) in [6.07, 6.45) is 7.26. The summed E-state index contributed by atoms with van der Waals surface area (Å²) >= 11 is 0. The topological polar surface area (TPSA) is 63.6 Å². The van der Waals surface area contributed by atoms with E-state index in [1.165, 1.54) is 0 Å². The minimum atomic E-state index is -3.69. The molecule has 92 valence electrons. The van der Waals surface area contributed by atoms with Gasteiger partial charge in [-0.05, 0) is 32.1 Å². The lowest BCUT2D eigenvalue weighted by Crippen LogP contribution is -2.13. The molecule has 0 fully saturated rings. The summed E-state index contributed by atoms with van der Waals surface area (Å²) in [7, 11) is -3.69. The molecule has 1 aliphatic rings. The minimum absolute atomic E-state index is 0.157. The number of ketones is 1. The van der Waals surface area contributed by atoms with Gasteiger partial charge >= 0.3 is 7.60 Å². The van der Waals surface area contributed by atoms with Crippen LogP contribution in [-0.2, 0) is 13.9 Å². The van der Waals surface area contributed by atoms with Crippen molar-refractivity contribution >= 4 is 13.4 Å². The molecule has 2 unspecified atom stereocenters. The van der Waals surface area contributed by atoms with Crippen LogP contribution >= 0.6 is 7.60 Å². The third kappa shape index (κ3) is 5.06. The molecule has 0 aromatic carbocycles. The Morgan fingerprint density at radius 3 is 2.94 bits per heavy atom. The molecule has 1 N–H and O–H groups in total. The van der Waals surface area contributed by atoms with Gasteiger partial charge in [0.05, 0.1) is 6.61 Å². The van der Waals surface area contributed by atoms with Gasteiger partial charge in [0, 0.05) is 6.42 Å². The zero-order valence-electron chi connectivity index (χ0n) is 9.59. The first-order valence-electron chi connectivity index (χ1n) is 5.68. The molecular weight excluding hydrogens is 227 g/mol. The van der Waals surface area contributed by atoms with Gasteiger partial charge in [0.2, 0.25) is 0 Å². The summed E-state index contributed by atoms with van der Waals surface area (Å²) in [5.41, 5.74) is 0. The molecule has 0 saturated heterocycles. The molecule has 1 rings (SSSR count). The summed E-state index contributed by atoms with van der Waals surface area (Å²) in [5, 5.41) is 0. The predicted octanol–water partition coefficient (Wildman–Crippen LogP) is 2.52. The summed E-state index contributed by atoms with van der Waals surface area (Å²) < 4.78 is 16.0. The smallest absolute Gasteiger partial charge is 0.324 e. The van der Waals surface area contributed by atoms with Crippen LogP contribution in [0.25, 0.3) is 0 Å². The van der Waals surface area contributed by atoms with Gasteiger partial charge in [-0.25, -0.2) is 0 Å². The number of Topliss-reactive ketones (excluding diaryl/α,β-unsaturated/α-hetero) is 1. The molecule has 0 amide bonds. The summed E-state index contributed by atoms with van der Waals surface area (Å²) in [6, 6.07) is 0. The van der Waals surface area contributed by atoms with E-state index in [0.717, 1.165) is 19.3 Å². The SMILES string of the molecule is CCOP(=O)(O)CC(=O)CC1C=CCCC1. The first-order valence-corrected chi connectivity index (χ1v) is 7.44. The van der Waals surface area contributed by atoms with Crippen LogP contribution in [0, 0.1) is 5.92 Å². The van der Waals surface area contributed by atoms with E-state index in [1.807, 2.05) is 6.08 Å². The van der Waals surface area contributed by atoms with Crippen LogP contribution in [0.5, 0.6) is 0 Å². The van der Waals surface area contributed by atoms with E-state index in [0.29, 0.717) is 6.42 Å². The second-order valence-electron chi connectivity index (χ2n) is 4.08. The van der Waals surface area contributed by atoms with Crippen LogP contribution in [0.15, 0.2) is 12.2 Å². The monoisotopic (exact) mass is 246 g/mol. The maximum absolute atomic E-state index is 11.6. The maximum atomic E-state index is 11.6. The molecule has 5 heteroatoms. The molecule has 0 aromatic heterocycles. The molecule has 0 aliphatic heterocycles. The highest BCUT2D eigenvalue weighted by atomic mass is 31.2.